The lowest BCUT2D eigenvalue weighted by Gasteiger charge is -2.05. The molecule has 1 aromatic rings. The molecule has 1 heterocycles. The molecule has 0 saturated heterocycles. The zero-order valence-electron chi connectivity index (χ0n) is 8.76. The molecule has 0 unspecified atom stereocenters. The van der Waals surface area contributed by atoms with Crippen LogP contribution in [-0.4, -0.2) is 34.3 Å². The zero-order chi connectivity index (χ0) is 11.1. The average Bonchev–Trinajstić information content (AvgIpc) is 2.71. The van der Waals surface area contributed by atoms with Gasteiger partial charge in [0.25, 0.3) is 0 Å². The first-order valence-electron chi connectivity index (χ1n) is 4.77. The number of oxime groups is 1. The van der Waals surface area contributed by atoms with Crippen LogP contribution in [0.25, 0.3) is 0 Å². The number of aromatic nitrogens is 2. The summed E-state index contributed by atoms with van der Waals surface area (Å²) in [6.45, 7) is 1.53. The Bertz CT molecular complexity index is 322. The lowest BCUT2D eigenvalue weighted by atomic mass is 10.3. The molecule has 15 heavy (non-hydrogen) atoms. The molecular weight excluding hydrogens is 196 g/mol. The topological polar surface area (TPSA) is 85.7 Å². The molecule has 0 aliphatic rings. The van der Waals surface area contributed by atoms with Gasteiger partial charge in [0, 0.05) is 32.7 Å². The van der Waals surface area contributed by atoms with Crippen LogP contribution >= 0.6 is 0 Å². The van der Waals surface area contributed by atoms with Crippen molar-refractivity contribution < 1.29 is 9.94 Å². The highest BCUT2D eigenvalue weighted by Crippen LogP contribution is 2.01. The lowest BCUT2D eigenvalue weighted by Crippen LogP contribution is -2.19. The van der Waals surface area contributed by atoms with Gasteiger partial charge in [0.1, 0.15) is 0 Å². The Hall–Kier alpha value is -1.56. The molecule has 6 heteroatoms. The fourth-order valence-electron chi connectivity index (χ4n) is 1.30. The van der Waals surface area contributed by atoms with E-state index in [1.165, 1.54) is 0 Å². The van der Waals surface area contributed by atoms with Crippen LogP contribution in [0.1, 0.15) is 18.7 Å². The molecule has 6 nitrogen and oxygen atoms in total. The molecule has 0 radical (unpaired) electrons. The Kier molecular flexibility index (Phi) is 4.62. The molecular formula is C9H16N4O2. The van der Waals surface area contributed by atoms with Gasteiger partial charge in [0.15, 0.2) is 5.82 Å². The second-order valence-corrected chi connectivity index (χ2v) is 3.13. The van der Waals surface area contributed by atoms with E-state index in [4.69, 9.17) is 15.7 Å². The van der Waals surface area contributed by atoms with E-state index in [1.54, 1.807) is 19.5 Å². The van der Waals surface area contributed by atoms with Gasteiger partial charge in [-0.1, -0.05) is 5.16 Å². The smallest absolute Gasteiger partial charge is 0.206 e. The predicted molar refractivity (Wildman–Crippen MR) is 55.8 cm³/mol. The van der Waals surface area contributed by atoms with Crippen molar-refractivity contribution in [1.82, 2.24) is 9.55 Å². The van der Waals surface area contributed by atoms with Crippen molar-refractivity contribution in [3.8, 4) is 0 Å². The average molecular weight is 212 g/mol. The maximum atomic E-state index is 8.53. The summed E-state index contributed by atoms with van der Waals surface area (Å²) in [5.41, 5.74) is 5.46. The van der Waals surface area contributed by atoms with Crippen molar-refractivity contribution in [1.29, 1.82) is 0 Å². The zero-order valence-corrected chi connectivity index (χ0v) is 8.76. The molecule has 3 N–H and O–H groups in total. The molecule has 1 aromatic heterocycles. The monoisotopic (exact) mass is 212 g/mol. The number of hydrogen-bond acceptors (Lipinski definition) is 4. The van der Waals surface area contributed by atoms with E-state index in [0.717, 1.165) is 26.0 Å². The fraction of sp³-hybridized carbons (Fsp3) is 0.556. The van der Waals surface area contributed by atoms with Gasteiger partial charge < -0.3 is 20.2 Å². The number of imidazole rings is 1. The first kappa shape index (κ1) is 11.5. The maximum Gasteiger partial charge on any atom is 0.206 e. The van der Waals surface area contributed by atoms with Crippen LogP contribution in [0, 0.1) is 0 Å². The third kappa shape index (κ3) is 3.25. The number of hydrogen-bond donors (Lipinski definition) is 2. The highest BCUT2D eigenvalue weighted by molar-refractivity contribution is 5.93. The van der Waals surface area contributed by atoms with Crippen molar-refractivity contribution in [3.63, 3.8) is 0 Å². The van der Waals surface area contributed by atoms with Crippen molar-refractivity contribution in [2.24, 2.45) is 10.9 Å². The van der Waals surface area contributed by atoms with Gasteiger partial charge in [0.05, 0.1) is 0 Å². The second kappa shape index (κ2) is 6.02. The molecule has 0 saturated carbocycles. The van der Waals surface area contributed by atoms with E-state index >= 15 is 0 Å². The summed E-state index contributed by atoms with van der Waals surface area (Å²) >= 11 is 0. The second-order valence-electron chi connectivity index (χ2n) is 3.13. The fourth-order valence-corrected chi connectivity index (χ4v) is 1.30. The van der Waals surface area contributed by atoms with Crippen molar-refractivity contribution >= 4 is 5.84 Å². The number of rotatable bonds is 6. The van der Waals surface area contributed by atoms with Gasteiger partial charge >= 0.3 is 0 Å². The first-order chi connectivity index (χ1) is 7.29. The van der Waals surface area contributed by atoms with Gasteiger partial charge in [-0.05, 0) is 12.8 Å². The minimum atomic E-state index is 0.0340. The molecule has 0 atom stereocenters. The summed E-state index contributed by atoms with van der Waals surface area (Å²) in [6.07, 6.45) is 5.38. The molecule has 0 aromatic carbocycles. The van der Waals surface area contributed by atoms with Gasteiger partial charge in [0.2, 0.25) is 5.84 Å². The number of methoxy groups -OCH3 is 1. The molecule has 0 fully saturated rings. The van der Waals surface area contributed by atoms with Gasteiger partial charge in [-0.3, -0.25) is 0 Å². The van der Waals surface area contributed by atoms with Gasteiger partial charge in [-0.2, -0.15) is 0 Å². The summed E-state index contributed by atoms with van der Waals surface area (Å²) in [7, 11) is 1.68. The summed E-state index contributed by atoms with van der Waals surface area (Å²) < 4.78 is 6.80. The Morgan fingerprint density at radius 2 is 2.47 bits per heavy atom. The SMILES string of the molecule is COCCCCn1ccnc1/C(N)=N/O. The van der Waals surface area contributed by atoms with E-state index in [2.05, 4.69) is 10.1 Å². The summed E-state index contributed by atoms with van der Waals surface area (Å²) in [6, 6.07) is 0. The van der Waals surface area contributed by atoms with E-state index in [0.29, 0.717) is 5.82 Å². The number of unbranched alkanes of at least 4 members (excludes halogenated alkanes) is 1. The summed E-state index contributed by atoms with van der Waals surface area (Å²) in [4.78, 5) is 4.00. The lowest BCUT2D eigenvalue weighted by molar-refractivity contribution is 0.191. The molecule has 0 aliphatic carbocycles. The van der Waals surface area contributed by atoms with Crippen LogP contribution < -0.4 is 5.73 Å². The summed E-state index contributed by atoms with van der Waals surface area (Å²) in [5.74, 6) is 0.529. The van der Waals surface area contributed by atoms with Gasteiger partial charge in [-0.15, -0.1) is 0 Å². The molecule has 0 amide bonds. The van der Waals surface area contributed by atoms with Crippen LogP contribution in [0.5, 0.6) is 0 Å². The van der Waals surface area contributed by atoms with E-state index in [-0.39, 0.29) is 5.84 Å². The summed E-state index contributed by atoms with van der Waals surface area (Å²) in [5, 5.41) is 11.5. The van der Waals surface area contributed by atoms with Crippen molar-refractivity contribution in [2.45, 2.75) is 19.4 Å². The number of nitrogens with zero attached hydrogens (tertiary/aromatic N) is 3. The molecule has 0 spiro atoms. The Labute approximate surface area is 88.4 Å². The van der Waals surface area contributed by atoms with Gasteiger partial charge in [-0.25, -0.2) is 4.98 Å². The van der Waals surface area contributed by atoms with Crippen LogP contribution in [0.4, 0.5) is 0 Å². The number of aryl methyl sites for hydroxylation is 1. The highest BCUT2D eigenvalue weighted by Gasteiger charge is 2.06. The Morgan fingerprint density at radius 3 is 3.13 bits per heavy atom. The van der Waals surface area contributed by atoms with Crippen LogP contribution in [-0.2, 0) is 11.3 Å². The number of ether oxygens (including phenoxy) is 1. The first-order valence-corrected chi connectivity index (χ1v) is 4.77. The number of nitrogens with two attached hydrogens (primary N) is 1. The molecule has 1 rings (SSSR count). The minimum absolute atomic E-state index is 0.0340. The quantitative estimate of drug-likeness (QED) is 0.235. The van der Waals surface area contributed by atoms with Crippen molar-refractivity contribution in [3.05, 3.63) is 18.2 Å². The number of amidine groups is 1. The van der Waals surface area contributed by atoms with E-state index in [1.807, 2.05) is 4.57 Å². The maximum absolute atomic E-state index is 8.53. The minimum Gasteiger partial charge on any atom is -0.409 e. The standard InChI is InChI=1S/C9H16N4O2/c1-15-7-3-2-5-13-6-4-11-9(13)8(10)12-14/h4,6,14H,2-3,5,7H2,1H3,(H2,10,12). The molecule has 0 bridgehead atoms. The van der Waals surface area contributed by atoms with Crippen molar-refractivity contribution in [2.75, 3.05) is 13.7 Å². The van der Waals surface area contributed by atoms with E-state index in [9.17, 15) is 0 Å². The predicted octanol–water partition coefficient (Wildman–Crippen LogP) is 0.404. The third-order valence-electron chi connectivity index (χ3n) is 2.05. The Balaban J connectivity index is 2.50. The highest BCUT2D eigenvalue weighted by atomic mass is 16.5. The molecule has 0 aliphatic heterocycles. The Morgan fingerprint density at radius 1 is 1.67 bits per heavy atom. The largest absolute Gasteiger partial charge is 0.409 e. The molecule has 84 valence electrons. The van der Waals surface area contributed by atoms with Crippen LogP contribution in [0.2, 0.25) is 0 Å². The van der Waals surface area contributed by atoms with E-state index < -0.39 is 0 Å². The van der Waals surface area contributed by atoms with Crippen LogP contribution in [0.3, 0.4) is 0 Å². The van der Waals surface area contributed by atoms with Crippen LogP contribution in [0.15, 0.2) is 17.5 Å². The normalized spacial score (nSPS) is 11.9. The third-order valence-corrected chi connectivity index (χ3v) is 2.05.